The maximum Gasteiger partial charge on any atom is 0.359 e. The number of esters is 1. The van der Waals surface area contributed by atoms with Gasteiger partial charge in [-0.15, -0.1) is 0 Å². The van der Waals surface area contributed by atoms with Crippen LogP contribution in [0.25, 0.3) is 10.8 Å². The number of nitrogens with one attached hydrogen (secondary N) is 2. The number of nitrogens with zero attached hydrogens (tertiary/aromatic N) is 2. The monoisotopic (exact) mass is 414 g/mol. The van der Waals surface area contributed by atoms with Crippen molar-refractivity contribution < 1.29 is 19.1 Å². The minimum Gasteiger partial charge on any atom is -0.451 e. The molecular weight excluding hydrogens is 388 g/mol. The van der Waals surface area contributed by atoms with Crippen molar-refractivity contribution in [2.75, 3.05) is 6.61 Å². The molecule has 9 heteroatoms. The average molecular weight is 414 g/mol. The van der Waals surface area contributed by atoms with Crippen LogP contribution in [0.4, 0.5) is 4.79 Å². The molecule has 0 saturated heterocycles. The minimum atomic E-state index is -0.831. The van der Waals surface area contributed by atoms with Crippen molar-refractivity contribution in [2.24, 2.45) is 0 Å². The summed E-state index contributed by atoms with van der Waals surface area (Å²) in [5, 5.41) is 9.76. The summed E-state index contributed by atoms with van der Waals surface area (Å²) in [5.41, 5.74) is -0.318. The number of hydrogen-bond acceptors (Lipinski definition) is 6. The summed E-state index contributed by atoms with van der Waals surface area (Å²) in [7, 11) is 0. The summed E-state index contributed by atoms with van der Waals surface area (Å²) in [6.45, 7) is 1.74. The molecule has 3 amide bonds. The summed E-state index contributed by atoms with van der Waals surface area (Å²) in [6.07, 6.45) is 5.49. The molecule has 1 fully saturated rings. The van der Waals surface area contributed by atoms with Gasteiger partial charge in [0.05, 0.1) is 5.39 Å². The van der Waals surface area contributed by atoms with Crippen molar-refractivity contribution in [1.29, 1.82) is 0 Å². The predicted octanol–water partition coefficient (Wildman–Crippen LogP) is 2.12. The van der Waals surface area contributed by atoms with Crippen LogP contribution in [0.5, 0.6) is 0 Å². The third-order valence-electron chi connectivity index (χ3n) is 5.06. The molecule has 1 aliphatic rings. The van der Waals surface area contributed by atoms with Gasteiger partial charge in [0.25, 0.3) is 11.5 Å². The number of hydrogen-bond donors (Lipinski definition) is 2. The van der Waals surface area contributed by atoms with Crippen LogP contribution in [0.3, 0.4) is 0 Å². The Balaban J connectivity index is 1.67. The molecule has 0 radical (unpaired) electrons. The fourth-order valence-electron chi connectivity index (χ4n) is 3.50. The van der Waals surface area contributed by atoms with E-state index in [1.807, 2.05) is 6.92 Å². The summed E-state index contributed by atoms with van der Waals surface area (Å²) < 4.78 is 6.31. The van der Waals surface area contributed by atoms with Gasteiger partial charge >= 0.3 is 12.0 Å². The highest BCUT2D eigenvalue weighted by Gasteiger charge is 2.21. The van der Waals surface area contributed by atoms with Crippen LogP contribution in [0.1, 0.15) is 55.9 Å². The minimum absolute atomic E-state index is 0.0375. The molecule has 9 nitrogen and oxygen atoms in total. The molecule has 0 unspecified atom stereocenters. The van der Waals surface area contributed by atoms with E-state index in [4.69, 9.17) is 4.74 Å². The van der Waals surface area contributed by atoms with Crippen LogP contribution in [-0.2, 0) is 16.1 Å². The van der Waals surface area contributed by atoms with E-state index in [1.54, 1.807) is 24.3 Å². The van der Waals surface area contributed by atoms with Gasteiger partial charge in [-0.25, -0.2) is 14.3 Å². The van der Waals surface area contributed by atoms with Crippen molar-refractivity contribution in [1.82, 2.24) is 20.4 Å². The summed E-state index contributed by atoms with van der Waals surface area (Å²) >= 11 is 0. The zero-order valence-electron chi connectivity index (χ0n) is 17.0. The number of carbonyl (C=O) groups excluding carboxylic acids is 3. The Morgan fingerprint density at radius 3 is 2.57 bits per heavy atom. The molecule has 1 saturated carbocycles. The Labute approximate surface area is 173 Å². The van der Waals surface area contributed by atoms with Crippen LogP contribution in [0.2, 0.25) is 0 Å². The van der Waals surface area contributed by atoms with Crippen LogP contribution in [-0.4, -0.2) is 40.3 Å². The smallest absolute Gasteiger partial charge is 0.359 e. The second-order valence-electron chi connectivity index (χ2n) is 7.36. The van der Waals surface area contributed by atoms with E-state index in [9.17, 15) is 19.2 Å². The fraction of sp³-hybridized carbons (Fsp3) is 0.476. The van der Waals surface area contributed by atoms with E-state index in [-0.39, 0.29) is 17.3 Å². The van der Waals surface area contributed by atoms with Crippen molar-refractivity contribution >= 4 is 28.7 Å². The Bertz CT molecular complexity index is 995. The molecule has 30 heavy (non-hydrogen) atoms. The molecule has 3 rings (SSSR count). The number of carbonyl (C=O) groups is 3. The maximum absolute atomic E-state index is 12.6. The van der Waals surface area contributed by atoms with Crippen molar-refractivity contribution in [2.45, 2.75) is 58.0 Å². The third-order valence-corrected chi connectivity index (χ3v) is 5.06. The lowest BCUT2D eigenvalue weighted by atomic mass is 10.1. The number of aryl methyl sites for hydroxylation is 1. The van der Waals surface area contributed by atoms with Gasteiger partial charge in [0.2, 0.25) is 0 Å². The van der Waals surface area contributed by atoms with Gasteiger partial charge in [0.1, 0.15) is 0 Å². The number of benzene rings is 1. The molecule has 2 N–H and O–H groups in total. The molecule has 0 aliphatic heterocycles. The molecule has 1 aromatic heterocycles. The first-order valence-corrected chi connectivity index (χ1v) is 10.3. The first-order valence-electron chi connectivity index (χ1n) is 10.3. The van der Waals surface area contributed by atoms with E-state index in [0.717, 1.165) is 38.5 Å². The van der Waals surface area contributed by atoms with Crippen LogP contribution in [0, 0.1) is 0 Å². The Morgan fingerprint density at radius 1 is 1.17 bits per heavy atom. The second-order valence-corrected chi connectivity index (χ2v) is 7.36. The molecule has 160 valence electrons. The SMILES string of the molecule is CCCCn1nc(C(=O)OCC(=O)NC(=O)NC2CCCC2)c2ccccc2c1=O. The van der Waals surface area contributed by atoms with Crippen molar-refractivity contribution in [3.05, 3.63) is 40.3 Å². The number of rotatable bonds is 7. The largest absolute Gasteiger partial charge is 0.451 e. The van der Waals surface area contributed by atoms with Gasteiger partial charge < -0.3 is 10.1 Å². The number of fused-ring (bicyclic) bond motifs is 1. The molecule has 0 bridgehead atoms. The second kappa shape index (κ2) is 10.00. The van der Waals surface area contributed by atoms with Gasteiger partial charge in [-0.1, -0.05) is 44.4 Å². The number of imide groups is 1. The lowest BCUT2D eigenvalue weighted by molar-refractivity contribution is -0.123. The normalized spacial score (nSPS) is 13.9. The number of aromatic nitrogens is 2. The predicted molar refractivity (Wildman–Crippen MR) is 110 cm³/mol. The van der Waals surface area contributed by atoms with Crippen LogP contribution in [0.15, 0.2) is 29.1 Å². The fourth-order valence-corrected chi connectivity index (χ4v) is 3.50. The first kappa shape index (κ1) is 21.5. The molecule has 1 aromatic carbocycles. The van der Waals surface area contributed by atoms with Crippen molar-refractivity contribution in [3.8, 4) is 0 Å². The lowest BCUT2D eigenvalue weighted by Crippen LogP contribution is -2.45. The molecule has 1 aliphatic carbocycles. The van der Waals surface area contributed by atoms with E-state index in [1.165, 1.54) is 4.68 Å². The number of unbranched alkanes of at least 4 members (excludes halogenated alkanes) is 1. The average Bonchev–Trinajstić information content (AvgIpc) is 3.24. The van der Waals surface area contributed by atoms with E-state index in [0.29, 0.717) is 17.3 Å². The van der Waals surface area contributed by atoms with Gasteiger partial charge in [-0.3, -0.25) is 14.9 Å². The molecule has 2 aromatic rings. The van der Waals surface area contributed by atoms with E-state index >= 15 is 0 Å². The lowest BCUT2D eigenvalue weighted by Gasteiger charge is -2.13. The highest BCUT2D eigenvalue weighted by atomic mass is 16.5. The highest BCUT2D eigenvalue weighted by Crippen LogP contribution is 2.17. The van der Waals surface area contributed by atoms with Gasteiger partial charge in [0, 0.05) is 18.0 Å². The third kappa shape index (κ3) is 5.22. The van der Waals surface area contributed by atoms with Crippen LogP contribution >= 0.6 is 0 Å². The van der Waals surface area contributed by atoms with Gasteiger partial charge in [-0.2, -0.15) is 5.10 Å². The Hall–Kier alpha value is -3.23. The number of urea groups is 1. The highest BCUT2D eigenvalue weighted by molar-refractivity contribution is 6.03. The Morgan fingerprint density at radius 2 is 1.87 bits per heavy atom. The maximum atomic E-state index is 12.6. The molecule has 0 spiro atoms. The summed E-state index contributed by atoms with van der Waals surface area (Å²) in [6, 6.07) is 6.11. The Kier molecular flexibility index (Phi) is 7.16. The van der Waals surface area contributed by atoms with Crippen LogP contribution < -0.4 is 16.2 Å². The zero-order valence-corrected chi connectivity index (χ0v) is 17.0. The van der Waals surface area contributed by atoms with Crippen molar-refractivity contribution in [3.63, 3.8) is 0 Å². The molecular formula is C21H26N4O5. The summed E-state index contributed by atoms with van der Waals surface area (Å²) in [5.74, 6) is -1.56. The zero-order chi connectivity index (χ0) is 21.5. The van der Waals surface area contributed by atoms with Gasteiger partial charge in [-0.05, 0) is 25.3 Å². The van der Waals surface area contributed by atoms with E-state index in [2.05, 4.69) is 15.7 Å². The van der Waals surface area contributed by atoms with E-state index < -0.39 is 24.5 Å². The number of ether oxygens (including phenoxy) is 1. The topological polar surface area (TPSA) is 119 Å². The van der Waals surface area contributed by atoms with Gasteiger partial charge in [0.15, 0.2) is 12.3 Å². The standard InChI is InChI=1S/C21H26N4O5/c1-2-3-12-25-19(27)16-11-7-6-10-15(16)18(24-25)20(28)30-13-17(26)23-21(29)22-14-8-4-5-9-14/h6-7,10-11,14H,2-5,8-9,12-13H2,1H3,(H2,22,23,26,29). The molecule has 0 atom stereocenters. The first-order chi connectivity index (χ1) is 14.5. The quantitative estimate of drug-likeness (QED) is 0.670. The molecule has 1 heterocycles. The number of amides is 3. The summed E-state index contributed by atoms with van der Waals surface area (Å²) in [4.78, 5) is 49.0.